The molecule has 1 heterocycles. The van der Waals surface area contributed by atoms with Crippen molar-refractivity contribution in [3.63, 3.8) is 0 Å². The number of rotatable bonds is 2. The minimum absolute atomic E-state index is 0.398. The van der Waals surface area contributed by atoms with Gasteiger partial charge in [0.25, 0.3) is 0 Å². The summed E-state index contributed by atoms with van der Waals surface area (Å²) in [5.41, 5.74) is 0. The van der Waals surface area contributed by atoms with Crippen molar-refractivity contribution in [2.24, 2.45) is 0 Å². The van der Waals surface area contributed by atoms with Crippen LogP contribution in [0.1, 0.15) is 0 Å². The van der Waals surface area contributed by atoms with Gasteiger partial charge in [0.05, 0.1) is 14.4 Å². The fraction of sp³-hybridized carbons (Fsp3) is 0.571. The second-order valence-corrected chi connectivity index (χ2v) is 10.2. The van der Waals surface area contributed by atoms with Crippen LogP contribution < -0.4 is 0 Å². The van der Waals surface area contributed by atoms with Gasteiger partial charge in [-0.3, -0.25) is 0 Å². The number of halogens is 2. The molecule has 0 spiro atoms. The first-order valence-corrected chi connectivity index (χ1v) is 8.22. The van der Waals surface area contributed by atoms with Crippen molar-refractivity contribution < 1.29 is 0 Å². The summed E-state index contributed by atoms with van der Waals surface area (Å²) in [6, 6.07) is 0. The van der Waals surface area contributed by atoms with Crippen molar-refractivity contribution in [3.8, 4) is 0 Å². The van der Waals surface area contributed by atoms with Crippen molar-refractivity contribution in [1.82, 2.24) is 9.55 Å². The minimum atomic E-state index is -1.14. The van der Waals surface area contributed by atoms with Crippen LogP contribution in [-0.2, 0) is 6.17 Å². The van der Waals surface area contributed by atoms with Gasteiger partial charge in [-0.05, 0) is 0 Å². The zero-order valence-corrected chi connectivity index (χ0v) is 9.95. The van der Waals surface area contributed by atoms with Crippen LogP contribution >= 0.6 is 23.2 Å². The van der Waals surface area contributed by atoms with E-state index in [-0.39, 0.29) is 0 Å². The second kappa shape index (κ2) is 3.40. The Morgan fingerprint density at radius 2 is 2.00 bits per heavy atom. The third-order valence-corrected chi connectivity index (χ3v) is 3.44. The Morgan fingerprint density at radius 3 is 2.33 bits per heavy atom. The third kappa shape index (κ3) is 2.50. The van der Waals surface area contributed by atoms with Crippen LogP contribution in [0.25, 0.3) is 0 Å². The van der Waals surface area contributed by atoms with Crippen molar-refractivity contribution in [1.29, 1.82) is 0 Å². The molecule has 0 aliphatic heterocycles. The van der Waals surface area contributed by atoms with E-state index >= 15 is 0 Å². The first-order chi connectivity index (χ1) is 5.40. The molecule has 0 unspecified atom stereocenters. The lowest BCUT2D eigenvalue weighted by molar-refractivity contribution is 0.852. The molecule has 0 aromatic carbocycles. The topological polar surface area (TPSA) is 17.8 Å². The Labute approximate surface area is 83.5 Å². The Balaban J connectivity index is 2.83. The van der Waals surface area contributed by atoms with E-state index in [0.29, 0.717) is 10.3 Å². The van der Waals surface area contributed by atoms with Gasteiger partial charge in [-0.25, -0.2) is 4.98 Å². The van der Waals surface area contributed by atoms with Gasteiger partial charge in [-0.2, -0.15) is 0 Å². The Hall–Kier alpha value is 0.00688. The quantitative estimate of drug-likeness (QED) is 0.704. The summed E-state index contributed by atoms with van der Waals surface area (Å²) in [6.45, 7) is 6.83. The summed E-state index contributed by atoms with van der Waals surface area (Å²) in [5, 5.41) is 0.953. The van der Waals surface area contributed by atoms with E-state index in [1.54, 1.807) is 6.33 Å². The second-order valence-electron chi connectivity index (χ2n) is 4.01. The maximum absolute atomic E-state index is 5.91. The van der Waals surface area contributed by atoms with Crippen molar-refractivity contribution in [3.05, 3.63) is 16.6 Å². The molecule has 0 saturated heterocycles. The van der Waals surface area contributed by atoms with E-state index in [0.717, 1.165) is 6.17 Å². The molecule has 0 radical (unpaired) electrons. The molecule has 0 aliphatic rings. The van der Waals surface area contributed by atoms with Crippen LogP contribution in [0.5, 0.6) is 0 Å². The Bertz CT molecular complexity index is 277. The lowest BCUT2D eigenvalue weighted by atomic mass is 10.9. The molecule has 5 heteroatoms. The number of nitrogens with zero attached hydrogens (tertiary/aromatic N) is 2. The number of imidazole rings is 1. The molecule has 2 nitrogen and oxygen atoms in total. The minimum Gasteiger partial charge on any atom is -0.323 e. The predicted molar refractivity (Wildman–Crippen MR) is 55.6 cm³/mol. The van der Waals surface area contributed by atoms with Gasteiger partial charge in [0.15, 0.2) is 5.15 Å². The van der Waals surface area contributed by atoms with E-state index in [9.17, 15) is 0 Å². The molecule has 1 aromatic heterocycles. The maximum Gasteiger partial charge on any atom is 0.166 e. The van der Waals surface area contributed by atoms with Gasteiger partial charge in [-0.1, -0.05) is 42.8 Å². The summed E-state index contributed by atoms with van der Waals surface area (Å²) in [7, 11) is -1.14. The standard InChI is InChI=1S/C7H12Cl2N2Si/c1-12(2,3)5-11-4-10-6(8)7(11)9/h4H,5H2,1-3H3. The van der Waals surface area contributed by atoms with E-state index in [4.69, 9.17) is 23.2 Å². The molecule has 0 atom stereocenters. The molecule has 0 aliphatic carbocycles. The van der Waals surface area contributed by atoms with Crippen molar-refractivity contribution in [2.45, 2.75) is 25.8 Å². The van der Waals surface area contributed by atoms with Crippen LogP contribution in [0.15, 0.2) is 6.33 Å². The van der Waals surface area contributed by atoms with E-state index < -0.39 is 8.07 Å². The molecular formula is C7H12Cl2N2Si. The van der Waals surface area contributed by atoms with Crippen molar-refractivity contribution in [2.75, 3.05) is 0 Å². The molecular weight excluding hydrogens is 211 g/mol. The van der Waals surface area contributed by atoms with Crippen LogP contribution in [0.4, 0.5) is 0 Å². The highest BCUT2D eigenvalue weighted by atomic mass is 35.5. The Kier molecular flexibility index (Phi) is 2.86. The summed E-state index contributed by atoms with van der Waals surface area (Å²) in [4.78, 5) is 3.92. The fourth-order valence-corrected chi connectivity index (χ4v) is 2.63. The summed E-state index contributed by atoms with van der Waals surface area (Å²) in [6.07, 6.45) is 2.66. The first kappa shape index (κ1) is 10.1. The smallest absolute Gasteiger partial charge is 0.166 e. The van der Waals surface area contributed by atoms with E-state index in [1.807, 2.05) is 4.57 Å². The van der Waals surface area contributed by atoms with Gasteiger partial charge in [-0.15, -0.1) is 0 Å². The highest BCUT2D eigenvalue weighted by Gasteiger charge is 2.16. The number of aromatic nitrogens is 2. The monoisotopic (exact) mass is 222 g/mol. The van der Waals surface area contributed by atoms with Crippen molar-refractivity contribution >= 4 is 31.3 Å². The first-order valence-electron chi connectivity index (χ1n) is 3.76. The molecule has 0 N–H and O–H groups in total. The zero-order chi connectivity index (χ0) is 9.35. The lowest BCUT2D eigenvalue weighted by Gasteiger charge is -2.16. The molecule has 1 rings (SSSR count). The number of hydrogen-bond acceptors (Lipinski definition) is 1. The summed E-state index contributed by atoms with van der Waals surface area (Å²) in [5.74, 6) is 0. The van der Waals surface area contributed by atoms with Crippen LogP contribution in [0.3, 0.4) is 0 Å². The average molecular weight is 223 g/mol. The van der Waals surface area contributed by atoms with Crippen LogP contribution in [-0.4, -0.2) is 17.6 Å². The zero-order valence-electron chi connectivity index (χ0n) is 7.43. The molecule has 0 fully saturated rings. The SMILES string of the molecule is C[Si](C)(C)Cn1cnc(Cl)c1Cl. The summed E-state index contributed by atoms with van der Waals surface area (Å²) < 4.78 is 1.91. The maximum atomic E-state index is 5.91. The lowest BCUT2D eigenvalue weighted by Crippen LogP contribution is -2.27. The molecule has 12 heavy (non-hydrogen) atoms. The fourth-order valence-electron chi connectivity index (χ4n) is 0.964. The average Bonchev–Trinajstić information content (AvgIpc) is 2.16. The van der Waals surface area contributed by atoms with Gasteiger partial charge < -0.3 is 4.57 Å². The normalized spacial score (nSPS) is 12.1. The molecule has 0 saturated carbocycles. The van der Waals surface area contributed by atoms with Gasteiger partial charge in [0, 0.05) is 6.17 Å². The van der Waals surface area contributed by atoms with Crippen LogP contribution in [0, 0.1) is 0 Å². The molecule has 1 aromatic rings. The largest absolute Gasteiger partial charge is 0.323 e. The van der Waals surface area contributed by atoms with Gasteiger partial charge >= 0.3 is 0 Å². The molecule has 0 amide bonds. The molecule has 0 bridgehead atoms. The number of hydrogen-bond donors (Lipinski definition) is 0. The van der Waals surface area contributed by atoms with E-state index in [1.165, 1.54) is 0 Å². The third-order valence-electron chi connectivity index (χ3n) is 1.38. The van der Waals surface area contributed by atoms with Crippen LogP contribution in [0.2, 0.25) is 29.9 Å². The van der Waals surface area contributed by atoms with E-state index in [2.05, 4.69) is 24.6 Å². The summed E-state index contributed by atoms with van der Waals surface area (Å²) >= 11 is 11.6. The highest BCUT2D eigenvalue weighted by Crippen LogP contribution is 2.20. The van der Waals surface area contributed by atoms with Gasteiger partial charge in [0.1, 0.15) is 5.15 Å². The highest BCUT2D eigenvalue weighted by molar-refractivity contribution is 6.75. The molecule has 68 valence electrons. The predicted octanol–water partition coefficient (Wildman–Crippen LogP) is 3.07. The Morgan fingerprint density at radius 1 is 1.42 bits per heavy atom. The van der Waals surface area contributed by atoms with Gasteiger partial charge in [0.2, 0.25) is 0 Å².